The third-order valence-corrected chi connectivity index (χ3v) is 3.38. The van der Waals surface area contributed by atoms with Crippen molar-refractivity contribution < 1.29 is 14.3 Å². The summed E-state index contributed by atoms with van der Waals surface area (Å²) in [6.07, 6.45) is 0. The predicted molar refractivity (Wildman–Crippen MR) is 79.1 cm³/mol. The van der Waals surface area contributed by atoms with Crippen LogP contribution in [0.5, 0.6) is 0 Å². The number of aromatic nitrogens is 1. The fourth-order valence-corrected chi connectivity index (χ4v) is 2.05. The molecule has 4 nitrogen and oxygen atoms in total. The second kappa shape index (κ2) is 5.91. The summed E-state index contributed by atoms with van der Waals surface area (Å²) in [4.78, 5) is 15.2. The van der Waals surface area contributed by atoms with Gasteiger partial charge in [0.15, 0.2) is 0 Å². The molecule has 0 amide bonds. The molecule has 21 heavy (non-hydrogen) atoms. The molecule has 0 aliphatic carbocycles. The average Bonchev–Trinajstić information content (AvgIpc) is 2.41. The van der Waals surface area contributed by atoms with Crippen molar-refractivity contribution in [3.63, 3.8) is 0 Å². The molecule has 0 saturated heterocycles. The lowest BCUT2D eigenvalue weighted by Crippen LogP contribution is -2.10. The molecule has 0 fully saturated rings. The van der Waals surface area contributed by atoms with Gasteiger partial charge in [0.05, 0.1) is 17.3 Å². The Hall–Kier alpha value is -2.43. The van der Waals surface area contributed by atoms with Crippen LogP contribution >= 0.6 is 0 Å². The van der Waals surface area contributed by atoms with Gasteiger partial charge >= 0.3 is 5.97 Å². The van der Waals surface area contributed by atoms with E-state index in [1.165, 1.54) is 12.1 Å². The van der Waals surface area contributed by atoms with E-state index in [1.807, 2.05) is 13.0 Å². The summed E-state index contributed by atoms with van der Waals surface area (Å²) in [6.45, 7) is 5.25. The highest BCUT2D eigenvalue weighted by atomic mass is 19.1. The molecule has 2 aromatic rings. The summed E-state index contributed by atoms with van der Waals surface area (Å²) in [5, 5.41) is 12.1. The Kier molecular flexibility index (Phi) is 4.21. The fraction of sp³-hybridized carbons (Fsp3) is 0.250. The smallest absolute Gasteiger partial charge is 0.337 e. The minimum absolute atomic E-state index is 0.136. The van der Waals surface area contributed by atoms with E-state index in [0.29, 0.717) is 17.1 Å². The van der Waals surface area contributed by atoms with Crippen molar-refractivity contribution in [1.29, 1.82) is 0 Å². The Morgan fingerprint density at radius 3 is 2.57 bits per heavy atom. The lowest BCUT2D eigenvalue weighted by molar-refractivity contribution is 0.0695. The quantitative estimate of drug-likeness (QED) is 0.900. The lowest BCUT2D eigenvalue weighted by atomic mass is 10.1. The van der Waals surface area contributed by atoms with Gasteiger partial charge in [-0.2, -0.15) is 0 Å². The Balaban J connectivity index is 2.19. The van der Waals surface area contributed by atoms with Crippen LogP contribution in [0.3, 0.4) is 0 Å². The highest BCUT2D eigenvalue weighted by Gasteiger charge is 2.11. The van der Waals surface area contributed by atoms with Gasteiger partial charge in [0, 0.05) is 0 Å². The predicted octanol–water partition coefficient (Wildman–Crippen LogP) is 3.71. The first-order chi connectivity index (χ1) is 9.88. The number of aromatic carboxylic acids is 1. The molecular formula is C16H17FN2O2. The van der Waals surface area contributed by atoms with Gasteiger partial charge in [-0.3, -0.25) is 0 Å². The number of benzene rings is 1. The molecule has 2 rings (SSSR count). The molecular weight excluding hydrogens is 271 g/mol. The molecule has 5 heteroatoms. The van der Waals surface area contributed by atoms with Gasteiger partial charge in [0.2, 0.25) is 0 Å². The number of hydrogen-bond acceptors (Lipinski definition) is 3. The van der Waals surface area contributed by atoms with E-state index >= 15 is 0 Å². The molecule has 1 unspecified atom stereocenters. The van der Waals surface area contributed by atoms with Gasteiger partial charge in [-0.1, -0.05) is 12.1 Å². The van der Waals surface area contributed by atoms with Crippen molar-refractivity contribution in [2.24, 2.45) is 0 Å². The number of carbonyl (C=O) groups is 1. The van der Waals surface area contributed by atoms with Crippen molar-refractivity contribution in [2.75, 3.05) is 5.32 Å². The molecule has 1 atom stereocenters. The Morgan fingerprint density at radius 2 is 2.00 bits per heavy atom. The third-order valence-electron chi connectivity index (χ3n) is 3.38. The van der Waals surface area contributed by atoms with Crippen LogP contribution in [-0.2, 0) is 0 Å². The van der Waals surface area contributed by atoms with Gasteiger partial charge in [-0.05, 0) is 50.1 Å². The van der Waals surface area contributed by atoms with Crippen LogP contribution in [0.2, 0.25) is 0 Å². The first-order valence-corrected chi connectivity index (χ1v) is 6.62. The number of carboxylic acid groups (broad SMARTS) is 1. The fourth-order valence-electron chi connectivity index (χ4n) is 2.05. The SMILES string of the molecule is Cc1ccc(C(C)Nc2ccc(C(=O)O)c(C)n2)cc1F. The molecule has 0 saturated carbocycles. The van der Waals surface area contributed by atoms with Gasteiger partial charge in [0.25, 0.3) is 0 Å². The molecule has 0 spiro atoms. The number of rotatable bonds is 4. The van der Waals surface area contributed by atoms with Gasteiger partial charge < -0.3 is 10.4 Å². The number of aryl methyl sites for hydroxylation is 2. The van der Waals surface area contributed by atoms with Gasteiger partial charge in [-0.15, -0.1) is 0 Å². The van der Waals surface area contributed by atoms with Crippen molar-refractivity contribution in [2.45, 2.75) is 26.8 Å². The molecule has 1 aromatic carbocycles. The van der Waals surface area contributed by atoms with Gasteiger partial charge in [-0.25, -0.2) is 14.2 Å². The largest absolute Gasteiger partial charge is 0.478 e. The van der Waals surface area contributed by atoms with Crippen LogP contribution in [0, 0.1) is 19.7 Å². The first kappa shape index (κ1) is 15.0. The molecule has 0 aliphatic heterocycles. The van der Waals surface area contributed by atoms with Crippen LogP contribution in [0.4, 0.5) is 10.2 Å². The summed E-state index contributed by atoms with van der Waals surface area (Å²) in [5.41, 5.74) is 2.02. The van der Waals surface area contributed by atoms with E-state index < -0.39 is 5.97 Å². The number of nitrogens with one attached hydrogen (secondary N) is 1. The van der Waals surface area contributed by atoms with Crippen molar-refractivity contribution in [3.05, 3.63) is 58.5 Å². The lowest BCUT2D eigenvalue weighted by Gasteiger charge is -2.16. The number of carboxylic acids is 1. The zero-order chi connectivity index (χ0) is 15.6. The van der Waals surface area contributed by atoms with Crippen LogP contribution in [-0.4, -0.2) is 16.1 Å². The Morgan fingerprint density at radius 1 is 1.29 bits per heavy atom. The highest BCUT2D eigenvalue weighted by Crippen LogP contribution is 2.21. The molecule has 1 heterocycles. The first-order valence-electron chi connectivity index (χ1n) is 6.62. The standard InChI is InChI=1S/C16H17FN2O2/c1-9-4-5-12(8-14(9)17)10(2)18-15-7-6-13(16(20)21)11(3)19-15/h4-8,10H,1-3H3,(H,18,19)(H,20,21). The van der Waals surface area contributed by atoms with Crippen molar-refractivity contribution in [1.82, 2.24) is 4.98 Å². The average molecular weight is 288 g/mol. The monoisotopic (exact) mass is 288 g/mol. The minimum Gasteiger partial charge on any atom is -0.478 e. The third kappa shape index (κ3) is 3.37. The van der Waals surface area contributed by atoms with E-state index in [1.54, 1.807) is 26.0 Å². The number of nitrogens with zero attached hydrogens (tertiary/aromatic N) is 1. The van der Waals surface area contributed by atoms with Crippen molar-refractivity contribution >= 4 is 11.8 Å². The van der Waals surface area contributed by atoms with E-state index in [4.69, 9.17) is 5.11 Å². The van der Waals surface area contributed by atoms with Crippen LogP contribution < -0.4 is 5.32 Å². The minimum atomic E-state index is -1.000. The normalized spacial score (nSPS) is 12.0. The number of anilines is 1. The number of pyridine rings is 1. The highest BCUT2D eigenvalue weighted by molar-refractivity contribution is 5.89. The molecule has 2 N–H and O–H groups in total. The van der Waals surface area contributed by atoms with Crippen molar-refractivity contribution in [3.8, 4) is 0 Å². The van der Waals surface area contributed by atoms with E-state index in [9.17, 15) is 9.18 Å². The van der Waals surface area contributed by atoms with E-state index in [-0.39, 0.29) is 17.4 Å². The van der Waals surface area contributed by atoms with E-state index in [0.717, 1.165) is 5.56 Å². The summed E-state index contributed by atoms with van der Waals surface area (Å²) in [5.74, 6) is -0.683. The topological polar surface area (TPSA) is 62.2 Å². The van der Waals surface area contributed by atoms with E-state index in [2.05, 4.69) is 10.3 Å². The second-order valence-corrected chi connectivity index (χ2v) is 5.01. The molecule has 1 aromatic heterocycles. The number of halogens is 1. The summed E-state index contributed by atoms with van der Waals surface area (Å²) in [7, 11) is 0. The molecule has 0 bridgehead atoms. The van der Waals surface area contributed by atoms with Crippen LogP contribution in [0.25, 0.3) is 0 Å². The zero-order valence-electron chi connectivity index (χ0n) is 12.1. The summed E-state index contributed by atoms with van der Waals surface area (Å²) < 4.78 is 13.6. The zero-order valence-corrected chi connectivity index (χ0v) is 12.1. The van der Waals surface area contributed by atoms with Crippen LogP contribution in [0.15, 0.2) is 30.3 Å². The molecule has 0 aliphatic rings. The molecule has 0 radical (unpaired) electrons. The van der Waals surface area contributed by atoms with Gasteiger partial charge in [0.1, 0.15) is 11.6 Å². The maximum Gasteiger partial charge on any atom is 0.337 e. The summed E-state index contributed by atoms with van der Waals surface area (Å²) >= 11 is 0. The van der Waals surface area contributed by atoms with Crippen LogP contribution in [0.1, 0.15) is 40.1 Å². The summed E-state index contributed by atoms with van der Waals surface area (Å²) in [6, 6.07) is 8.06. The molecule has 110 valence electrons. The number of hydrogen-bond donors (Lipinski definition) is 2. The maximum absolute atomic E-state index is 13.6. The Bertz CT molecular complexity index is 686. The maximum atomic E-state index is 13.6. The second-order valence-electron chi connectivity index (χ2n) is 5.01. The Labute approximate surface area is 122 Å².